The van der Waals surface area contributed by atoms with Crippen molar-refractivity contribution in [2.75, 3.05) is 6.61 Å². The molecule has 6 nitrogen and oxygen atoms in total. The summed E-state index contributed by atoms with van der Waals surface area (Å²) in [5.74, 6) is 0. The Balaban J connectivity index is 1.59. The van der Waals surface area contributed by atoms with Crippen molar-refractivity contribution in [2.24, 2.45) is 0 Å². The van der Waals surface area contributed by atoms with Gasteiger partial charge in [0.1, 0.15) is 36.6 Å². The van der Waals surface area contributed by atoms with Crippen LogP contribution in [0.25, 0.3) is 0 Å². The van der Waals surface area contributed by atoms with E-state index in [0.29, 0.717) is 0 Å². The van der Waals surface area contributed by atoms with E-state index in [1.54, 1.807) is 6.08 Å². The minimum Gasteiger partial charge on any atom is -0.387 e. The quantitative estimate of drug-likeness (QED) is 0.373. The van der Waals surface area contributed by atoms with Crippen molar-refractivity contribution in [2.45, 2.75) is 56.4 Å². The molecule has 6 heteroatoms. The number of rotatable bonds is 12. The second kappa shape index (κ2) is 13.5. The van der Waals surface area contributed by atoms with Gasteiger partial charge in [-0.05, 0) is 16.7 Å². The van der Waals surface area contributed by atoms with E-state index in [9.17, 15) is 10.2 Å². The molecule has 1 aliphatic carbocycles. The van der Waals surface area contributed by atoms with Crippen LogP contribution in [0.4, 0.5) is 0 Å². The highest BCUT2D eigenvalue weighted by Gasteiger charge is 2.52. The zero-order chi connectivity index (χ0) is 25.2. The van der Waals surface area contributed by atoms with Gasteiger partial charge in [-0.15, -0.1) is 6.58 Å². The fourth-order valence-corrected chi connectivity index (χ4v) is 4.40. The fourth-order valence-electron chi connectivity index (χ4n) is 4.40. The van der Waals surface area contributed by atoms with Gasteiger partial charge >= 0.3 is 0 Å². The minimum absolute atomic E-state index is 0.172. The van der Waals surface area contributed by atoms with Crippen LogP contribution in [0.5, 0.6) is 0 Å². The Morgan fingerprint density at radius 3 is 1.25 bits per heavy atom. The van der Waals surface area contributed by atoms with Crippen LogP contribution >= 0.6 is 0 Å². The number of hydrogen-bond donors (Lipinski definition) is 2. The lowest BCUT2D eigenvalue weighted by atomic mass is 9.84. The lowest BCUT2D eigenvalue weighted by molar-refractivity contribution is -0.269. The SMILES string of the molecule is C=CCOC1C(O)C(OCc2ccccc2)C(OCc2ccccc2)C(OCc2ccccc2)C1O. The van der Waals surface area contributed by atoms with Crippen LogP contribution < -0.4 is 0 Å². The Morgan fingerprint density at radius 2 is 0.889 bits per heavy atom. The lowest BCUT2D eigenvalue weighted by Gasteiger charge is -2.46. The normalized spacial score (nSPS) is 25.9. The van der Waals surface area contributed by atoms with E-state index >= 15 is 0 Å². The van der Waals surface area contributed by atoms with E-state index in [0.717, 1.165) is 16.7 Å². The summed E-state index contributed by atoms with van der Waals surface area (Å²) in [6.07, 6.45) is -3.97. The molecule has 4 rings (SSSR count). The van der Waals surface area contributed by atoms with Crippen LogP contribution in [-0.2, 0) is 38.8 Å². The molecule has 1 saturated carbocycles. The van der Waals surface area contributed by atoms with E-state index in [4.69, 9.17) is 18.9 Å². The summed E-state index contributed by atoms with van der Waals surface area (Å²) in [7, 11) is 0. The predicted octanol–water partition coefficient (Wildman–Crippen LogP) is 4.05. The molecule has 0 heterocycles. The Kier molecular flexibility index (Phi) is 9.81. The second-order valence-electron chi connectivity index (χ2n) is 8.85. The Morgan fingerprint density at radius 1 is 0.528 bits per heavy atom. The Bertz CT molecular complexity index is 972. The van der Waals surface area contributed by atoms with Gasteiger partial charge in [0.05, 0.1) is 26.4 Å². The summed E-state index contributed by atoms with van der Waals surface area (Å²) in [6, 6.07) is 29.2. The number of benzene rings is 3. The van der Waals surface area contributed by atoms with E-state index in [-0.39, 0.29) is 26.4 Å². The van der Waals surface area contributed by atoms with Crippen molar-refractivity contribution in [1.29, 1.82) is 0 Å². The third-order valence-electron chi connectivity index (χ3n) is 6.26. The summed E-state index contributed by atoms with van der Waals surface area (Å²) in [5, 5.41) is 22.6. The molecule has 0 aromatic heterocycles. The third kappa shape index (κ3) is 6.89. The Hall–Kier alpha value is -2.84. The van der Waals surface area contributed by atoms with Crippen molar-refractivity contribution in [3.63, 3.8) is 0 Å². The largest absolute Gasteiger partial charge is 0.387 e. The van der Waals surface area contributed by atoms with Crippen LogP contribution in [0.1, 0.15) is 16.7 Å². The number of hydrogen-bond acceptors (Lipinski definition) is 6. The van der Waals surface area contributed by atoms with E-state index < -0.39 is 36.6 Å². The molecule has 2 N–H and O–H groups in total. The summed E-state index contributed by atoms with van der Waals surface area (Å²) in [4.78, 5) is 0. The summed E-state index contributed by atoms with van der Waals surface area (Å²) >= 11 is 0. The van der Waals surface area contributed by atoms with Gasteiger partial charge in [0.2, 0.25) is 0 Å². The average molecular weight is 491 g/mol. The first-order chi connectivity index (χ1) is 17.7. The summed E-state index contributed by atoms with van der Waals surface area (Å²) in [5.41, 5.74) is 2.89. The molecule has 0 radical (unpaired) electrons. The van der Waals surface area contributed by atoms with Gasteiger partial charge in [-0.3, -0.25) is 0 Å². The molecule has 0 spiro atoms. The lowest BCUT2D eigenvalue weighted by Crippen LogP contribution is -2.66. The maximum atomic E-state index is 11.3. The van der Waals surface area contributed by atoms with Crippen molar-refractivity contribution in [1.82, 2.24) is 0 Å². The van der Waals surface area contributed by atoms with Gasteiger partial charge in [-0.25, -0.2) is 0 Å². The molecule has 190 valence electrons. The number of ether oxygens (including phenoxy) is 4. The number of aliphatic hydroxyl groups excluding tert-OH is 2. The molecule has 0 bridgehead atoms. The maximum absolute atomic E-state index is 11.3. The average Bonchev–Trinajstić information content (AvgIpc) is 2.92. The first-order valence-corrected chi connectivity index (χ1v) is 12.2. The smallest absolute Gasteiger partial charge is 0.116 e. The second-order valence-corrected chi connectivity index (χ2v) is 8.85. The van der Waals surface area contributed by atoms with Crippen LogP contribution in [-0.4, -0.2) is 53.4 Å². The molecule has 1 aliphatic rings. The third-order valence-corrected chi connectivity index (χ3v) is 6.26. The Labute approximate surface area is 212 Å². The van der Waals surface area contributed by atoms with Crippen molar-refractivity contribution in [3.8, 4) is 0 Å². The van der Waals surface area contributed by atoms with E-state index in [2.05, 4.69) is 6.58 Å². The van der Waals surface area contributed by atoms with E-state index in [1.165, 1.54) is 0 Å². The van der Waals surface area contributed by atoms with Gasteiger partial charge in [-0.1, -0.05) is 97.1 Å². The molecule has 36 heavy (non-hydrogen) atoms. The molecule has 0 saturated heterocycles. The zero-order valence-corrected chi connectivity index (χ0v) is 20.3. The van der Waals surface area contributed by atoms with Crippen LogP contribution in [0.3, 0.4) is 0 Å². The maximum Gasteiger partial charge on any atom is 0.116 e. The molecule has 3 aromatic rings. The zero-order valence-electron chi connectivity index (χ0n) is 20.3. The highest BCUT2D eigenvalue weighted by molar-refractivity contribution is 5.16. The van der Waals surface area contributed by atoms with Gasteiger partial charge in [0.25, 0.3) is 0 Å². The monoisotopic (exact) mass is 490 g/mol. The van der Waals surface area contributed by atoms with Gasteiger partial charge in [0.15, 0.2) is 0 Å². The fraction of sp³-hybridized carbons (Fsp3) is 0.333. The highest BCUT2D eigenvalue weighted by atomic mass is 16.6. The van der Waals surface area contributed by atoms with Crippen molar-refractivity contribution < 1.29 is 29.2 Å². The highest BCUT2D eigenvalue weighted by Crippen LogP contribution is 2.32. The van der Waals surface area contributed by atoms with Crippen LogP contribution in [0, 0.1) is 0 Å². The minimum atomic E-state index is -1.14. The molecule has 3 aromatic carbocycles. The molecule has 1 fully saturated rings. The van der Waals surface area contributed by atoms with Crippen molar-refractivity contribution in [3.05, 3.63) is 120 Å². The predicted molar refractivity (Wildman–Crippen MR) is 137 cm³/mol. The molecule has 4 atom stereocenters. The van der Waals surface area contributed by atoms with Gasteiger partial charge in [-0.2, -0.15) is 0 Å². The summed E-state index contributed by atoms with van der Waals surface area (Å²) in [6.45, 7) is 4.67. The molecular formula is C30H34O6. The molecular weight excluding hydrogens is 456 g/mol. The summed E-state index contributed by atoms with van der Waals surface area (Å²) < 4.78 is 24.6. The van der Waals surface area contributed by atoms with Crippen LogP contribution in [0.2, 0.25) is 0 Å². The van der Waals surface area contributed by atoms with Crippen molar-refractivity contribution >= 4 is 0 Å². The molecule has 0 aliphatic heterocycles. The van der Waals surface area contributed by atoms with Gasteiger partial charge < -0.3 is 29.2 Å². The molecule has 0 amide bonds. The van der Waals surface area contributed by atoms with Gasteiger partial charge in [0, 0.05) is 0 Å². The first kappa shape index (κ1) is 26.2. The first-order valence-electron chi connectivity index (χ1n) is 12.2. The molecule has 4 unspecified atom stereocenters. The topological polar surface area (TPSA) is 77.4 Å². The van der Waals surface area contributed by atoms with Crippen LogP contribution in [0.15, 0.2) is 104 Å². The standard InChI is InChI=1S/C30H34O6/c1-2-18-33-27-25(31)28(34-19-22-12-6-3-7-13-22)30(36-21-24-16-10-5-11-17-24)29(26(27)32)35-20-23-14-8-4-9-15-23/h2-17,25-32H,1,18-21H2. The number of aliphatic hydroxyl groups is 2. The van der Waals surface area contributed by atoms with E-state index in [1.807, 2.05) is 91.0 Å².